The Balaban J connectivity index is 1.48. The Morgan fingerprint density at radius 3 is 2.86 bits per heavy atom. The number of piperidine rings is 1. The number of carbonyl (C=O) groups excluding carboxylic acids is 1. The van der Waals surface area contributed by atoms with Gasteiger partial charge in [-0.25, -0.2) is 0 Å². The van der Waals surface area contributed by atoms with Gasteiger partial charge in [-0.1, -0.05) is 12.1 Å². The zero-order valence-electron chi connectivity index (χ0n) is 13.2. The van der Waals surface area contributed by atoms with Gasteiger partial charge >= 0.3 is 0 Å². The predicted molar refractivity (Wildman–Crippen MR) is 87.2 cm³/mol. The van der Waals surface area contributed by atoms with E-state index in [0.29, 0.717) is 13.2 Å². The van der Waals surface area contributed by atoms with Crippen molar-refractivity contribution in [1.82, 2.24) is 10.6 Å². The number of ether oxygens (including phenoxy) is 1. The van der Waals surface area contributed by atoms with Crippen molar-refractivity contribution in [2.45, 2.75) is 31.9 Å². The number of carbonyl (C=O) groups is 1. The third-order valence-electron chi connectivity index (χ3n) is 4.43. The second-order valence-electron chi connectivity index (χ2n) is 6.17. The maximum atomic E-state index is 12.2. The average Bonchev–Trinajstić information content (AvgIpc) is 2.56. The molecule has 1 unspecified atom stereocenters. The molecule has 2 N–H and O–H groups in total. The van der Waals surface area contributed by atoms with Crippen molar-refractivity contribution in [2.75, 3.05) is 37.7 Å². The van der Waals surface area contributed by atoms with E-state index < -0.39 is 0 Å². The molecular formula is C17H25N3O2. The number of hydrogen-bond acceptors (Lipinski definition) is 4. The van der Waals surface area contributed by atoms with Gasteiger partial charge < -0.3 is 20.3 Å². The molecule has 3 rings (SSSR count). The largest absolute Gasteiger partial charge is 0.371 e. The zero-order chi connectivity index (χ0) is 15.4. The van der Waals surface area contributed by atoms with E-state index in [4.69, 9.17) is 4.74 Å². The van der Waals surface area contributed by atoms with Gasteiger partial charge in [0.15, 0.2) is 0 Å². The lowest BCUT2D eigenvalue weighted by Crippen LogP contribution is -2.52. The van der Waals surface area contributed by atoms with Crippen molar-refractivity contribution in [2.24, 2.45) is 0 Å². The van der Waals surface area contributed by atoms with Gasteiger partial charge in [-0.3, -0.25) is 4.79 Å². The fourth-order valence-electron chi connectivity index (χ4n) is 3.13. The molecule has 120 valence electrons. The normalized spacial score (nSPS) is 23.3. The summed E-state index contributed by atoms with van der Waals surface area (Å²) in [6, 6.07) is 8.87. The topological polar surface area (TPSA) is 53.6 Å². The predicted octanol–water partition coefficient (Wildman–Crippen LogP) is 1.07. The van der Waals surface area contributed by atoms with Gasteiger partial charge in [-0.2, -0.15) is 0 Å². The maximum Gasteiger partial charge on any atom is 0.250 e. The van der Waals surface area contributed by atoms with Crippen molar-refractivity contribution in [3.63, 3.8) is 0 Å². The van der Waals surface area contributed by atoms with Crippen molar-refractivity contribution >= 4 is 11.6 Å². The molecule has 0 aromatic heterocycles. The van der Waals surface area contributed by atoms with Crippen LogP contribution in [0.2, 0.25) is 0 Å². The van der Waals surface area contributed by atoms with Gasteiger partial charge in [0, 0.05) is 37.9 Å². The Bertz CT molecular complexity index is 506. The van der Waals surface area contributed by atoms with Crippen LogP contribution in [0.1, 0.15) is 18.4 Å². The second-order valence-corrected chi connectivity index (χ2v) is 6.17. The molecule has 1 atom stereocenters. The number of hydrogen-bond donors (Lipinski definition) is 2. The molecule has 2 saturated heterocycles. The van der Waals surface area contributed by atoms with Crippen molar-refractivity contribution < 1.29 is 9.53 Å². The molecule has 5 nitrogen and oxygen atoms in total. The summed E-state index contributed by atoms with van der Waals surface area (Å²) in [5.41, 5.74) is 2.57. The highest BCUT2D eigenvalue weighted by Gasteiger charge is 2.26. The van der Waals surface area contributed by atoms with Gasteiger partial charge in [0.05, 0.1) is 6.61 Å². The highest BCUT2D eigenvalue weighted by Crippen LogP contribution is 2.21. The van der Waals surface area contributed by atoms with Crippen LogP contribution < -0.4 is 15.5 Å². The molecule has 2 aliphatic rings. The summed E-state index contributed by atoms with van der Waals surface area (Å²) in [7, 11) is 0. The molecule has 2 fully saturated rings. The summed E-state index contributed by atoms with van der Waals surface area (Å²) in [6.07, 6.45) is 1.64. The number of rotatable bonds is 3. The molecule has 0 radical (unpaired) electrons. The van der Waals surface area contributed by atoms with Gasteiger partial charge in [0.25, 0.3) is 5.91 Å². The highest BCUT2D eigenvalue weighted by atomic mass is 16.5. The average molecular weight is 303 g/mol. The number of benzene rings is 1. The van der Waals surface area contributed by atoms with Crippen LogP contribution in [0.4, 0.5) is 5.69 Å². The fourth-order valence-corrected chi connectivity index (χ4v) is 3.13. The fraction of sp³-hybridized carbons (Fsp3) is 0.588. The Hall–Kier alpha value is -1.59. The lowest BCUT2D eigenvalue weighted by Gasteiger charge is -2.35. The summed E-state index contributed by atoms with van der Waals surface area (Å²) >= 11 is 0. The molecule has 2 aliphatic heterocycles. The number of nitrogens with zero attached hydrogens (tertiary/aromatic N) is 1. The molecule has 0 aliphatic carbocycles. The molecule has 22 heavy (non-hydrogen) atoms. The van der Waals surface area contributed by atoms with E-state index in [1.165, 1.54) is 11.3 Å². The van der Waals surface area contributed by atoms with E-state index in [0.717, 1.165) is 32.5 Å². The standard InChI is InChI=1S/C17H25N3O2/c1-13-3-2-4-15(11-13)20-8-5-14(6-9-20)19-17(21)16-12-18-7-10-22-16/h2-4,11,14,16,18H,5-10,12H2,1H3,(H,19,21). The molecule has 2 heterocycles. The Morgan fingerprint density at radius 2 is 2.18 bits per heavy atom. The van der Waals surface area contributed by atoms with Gasteiger partial charge in [0.1, 0.15) is 6.10 Å². The van der Waals surface area contributed by atoms with Crippen LogP contribution in [0, 0.1) is 6.92 Å². The Morgan fingerprint density at radius 1 is 1.36 bits per heavy atom. The second kappa shape index (κ2) is 7.11. The lowest BCUT2D eigenvalue weighted by atomic mass is 10.0. The summed E-state index contributed by atoms with van der Waals surface area (Å²) < 4.78 is 5.50. The van der Waals surface area contributed by atoms with Gasteiger partial charge in [-0.15, -0.1) is 0 Å². The molecule has 0 spiro atoms. The quantitative estimate of drug-likeness (QED) is 0.877. The lowest BCUT2D eigenvalue weighted by molar-refractivity contribution is -0.135. The summed E-state index contributed by atoms with van der Waals surface area (Å²) in [6.45, 7) is 6.15. The number of aryl methyl sites for hydroxylation is 1. The minimum absolute atomic E-state index is 0.0289. The van der Waals surface area contributed by atoms with E-state index in [9.17, 15) is 4.79 Å². The Kier molecular flexibility index (Phi) is 4.95. The number of amides is 1. The SMILES string of the molecule is Cc1cccc(N2CCC(NC(=O)C3CNCCO3)CC2)c1. The molecule has 0 bridgehead atoms. The van der Waals surface area contributed by atoms with Crippen LogP contribution in [0.5, 0.6) is 0 Å². The van der Waals surface area contributed by atoms with Crippen molar-refractivity contribution in [3.8, 4) is 0 Å². The smallest absolute Gasteiger partial charge is 0.250 e. The van der Waals surface area contributed by atoms with Gasteiger partial charge in [0.2, 0.25) is 0 Å². The maximum absolute atomic E-state index is 12.2. The van der Waals surface area contributed by atoms with Gasteiger partial charge in [-0.05, 0) is 37.5 Å². The number of morpholine rings is 1. The highest BCUT2D eigenvalue weighted by molar-refractivity contribution is 5.81. The Labute approximate surface area is 132 Å². The summed E-state index contributed by atoms with van der Waals surface area (Å²) in [5, 5.41) is 6.33. The molecule has 1 aromatic carbocycles. The third kappa shape index (κ3) is 3.78. The first-order chi connectivity index (χ1) is 10.7. The summed E-state index contributed by atoms with van der Waals surface area (Å²) in [5.74, 6) is 0.0289. The van der Waals surface area contributed by atoms with Crippen LogP contribution in [-0.4, -0.2) is 50.8 Å². The molecular weight excluding hydrogens is 278 g/mol. The first kappa shape index (κ1) is 15.3. The minimum atomic E-state index is -0.330. The van der Waals surface area contributed by atoms with E-state index in [2.05, 4.69) is 46.7 Å². The third-order valence-corrected chi connectivity index (χ3v) is 4.43. The van der Waals surface area contributed by atoms with Crippen molar-refractivity contribution in [3.05, 3.63) is 29.8 Å². The van der Waals surface area contributed by atoms with E-state index in [1.807, 2.05) is 0 Å². The first-order valence-corrected chi connectivity index (χ1v) is 8.17. The van der Waals surface area contributed by atoms with Crippen LogP contribution in [0.25, 0.3) is 0 Å². The molecule has 0 saturated carbocycles. The van der Waals surface area contributed by atoms with Crippen LogP contribution >= 0.6 is 0 Å². The van der Waals surface area contributed by atoms with E-state index in [1.54, 1.807) is 0 Å². The molecule has 5 heteroatoms. The number of nitrogens with one attached hydrogen (secondary N) is 2. The molecule has 1 amide bonds. The molecule has 1 aromatic rings. The van der Waals surface area contributed by atoms with Crippen LogP contribution in [0.15, 0.2) is 24.3 Å². The van der Waals surface area contributed by atoms with E-state index in [-0.39, 0.29) is 18.1 Å². The minimum Gasteiger partial charge on any atom is -0.371 e. The summed E-state index contributed by atoms with van der Waals surface area (Å²) in [4.78, 5) is 14.6. The number of anilines is 1. The van der Waals surface area contributed by atoms with Crippen molar-refractivity contribution in [1.29, 1.82) is 0 Å². The van der Waals surface area contributed by atoms with Crippen LogP contribution in [0.3, 0.4) is 0 Å². The van der Waals surface area contributed by atoms with Crippen LogP contribution in [-0.2, 0) is 9.53 Å². The first-order valence-electron chi connectivity index (χ1n) is 8.17. The zero-order valence-corrected chi connectivity index (χ0v) is 13.2. The van der Waals surface area contributed by atoms with E-state index >= 15 is 0 Å². The monoisotopic (exact) mass is 303 g/mol.